The summed E-state index contributed by atoms with van der Waals surface area (Å²) in [7, 11) is 0. The molecular weight excluding hydrogens is 435 g/mol. The summed E-state index contributed by atoms with van der Waals surface area (Å²) >= 11 is 0. The molecule has 4 rings (SSSR count). The van der Waals surface area contributed by atoms with Gasteiger partial charge in [-0.25, -0.2) is 4.68 Å². The average Bonchev–Trinajstić information content (AvgIpc) is 2.80. The number of benzene rings is 2. The van der Waals surface area contributed by atoms with Crippen LogP contribution in [-0.4, -0.2) is 44.9 Å². The van der Waals surface area contributed by atoms with Crippen molar-refractivity contribution in [3.8, 4) is 0 Å². The molecule has 174 valence electrons. The number of amides is 1. The Bertz CT molecular complexity index is 1190. The Balaban J connectivity index is 1.24. The van der Waals surface area contributed by atoms with Crippen LogP contribution in [0, 0.1) is 0 Å². The van der Waals surface area contributed by atoms with Crippen LogP contribution < -0.4 is 10.9 Å². The van der Waals surface area contributed by atoms with E-state index in [0.29, 0.717) is 48.9 Å². The van der Waals surface area contributed by atoms with Crippen LogP contribution in [0.1, 0.15) is 30.4 Å². The number of alkyl halides is 3. The van der Waals surface area contributed by atoms with Crippen LogP contribution >= 0.6 is 0 Å². The highest BCUT2D eigenvalue weighted by Crippen LogP contribution is 2.30. The lowest BCUT2D eigenvalue weighted by Gasteiger charge is -2.32. The average molecular weight is 459 g/mol. The highest BCUT2D eigenvalue weighted by Gasteiger charge is 2.30. The van der Waals surface area contributed by atoms with Crippen molar-refractivity contribution in [1.82, 2.24) is 25.2 Å². The molecule has 0 bridgehead atoms. The number of hydrogen-bond donors (Lipinski definition) is 1. The lowest BCUT2D eigenvalue weighted by Crippen LogP contribution is -2.44. The largest absolute Gasteiger partial charge is 0.416 e. The third kappa shape index (κ3) is 5.75. The lowest BCUT2D eigenvalue weighted by atomic mass is 10.0. The second kappa shape index (κ2) is 9.70. The van der Waals surface area contributed by atoms with E-state index in [1.807, 2.05) is 0 Å². The summed E-state index contributed by atoms with van der Waals surface area (Å²) in [6.07, 6.45) is -2.82. The Morgan fingerprint density at radius 1 is 1.09 bits per heavy atom. The maximum absolute atomic E-state index is 12.9. The van der Waals surface area contributed by atoms with Crippen molar-refractivity contribution in [2.45, 2.75) is 44.6 Å². The van der Waals surface area contributed by atoms with Crippen LogP contribution in [0.3, 0.4) is 0 Å². The van der Waals surface area contributed by atoms with Crippen molar-refractivity contribution in [3.05, 3.63) is 70.0 Å². The number of fused-ring (bicyclic) bond motifs is 1. The zero-order valence-electron chi connectivity index (χ0n) is 17.9. The molecule has 1 amide bonds. The van der Waals surface area contributed by atoms with Gasteiger partial charge in [-0.1, -0.05) is 35.5 Å². The van der Waals surface area contributed by atoms with E-state index in [-0.39, 0.29) is 30.5 Å². The summed E-state index contributed by atoms with van der Waals surface area (Å²) in [6, 6.07) is 12.3. The third-order valence-electron chi connectivity index (χ3n) is 5.79. The molecule has 1 aliphatic rings. The van der Waals surface area contributed by atoms with Gasteiger partial charge in [-0.05, 0) is 36.6 Å². The van der Waals surface area contributed by atoms with Crippen molar-refractivity contribution in [3.63, 3.8) is 0 Å². The Labute approximate surface area is 188 Å². The number of aryl methyl sites for hydroxylation is 1. The number of carbonyl (C=O) groups is 1. The number of nitrogens with one attached hydrogen (secondary N) is 1. The molecule has 0 saturated carbocycles. The summed E-state index contributed by atoms with van der Waals surface area (Å²) in [5, 5.41) is 11.3. The standard InChI is InChI=1S/C23H24F3N5O2/c24-23(25,26)17-5-3-4-16(14-17)15-30-11-8-18(9-12-30)27-21(32)10-13-31-22(33)19-6-1-2-7-20(19)28-29-31/h1-7,14,18H,8-13,15H2,(H,27,32). The first-order valence-electron chi connectivity index (χ1n) is 10.8. The van der Waals surface area contributed by atoms with Gasteiger partial charge in [0.15, 0.2) is 0 Å². The molecule has 10 heteroatoms. The number of halogens is 3. The van der Waals surface area contributed by atoms with Gasteiger partial charge in [-0.15, -0.1) is 5.10 Å². The Kier molecular flexibility index (Phi) is 6.73. The second-order valence-corrected chi connectivity index (χ2v) is 8.20. The van der Waals surface area contributed by atoms with Gasteiger partial charge in [0.05, 0.1) is 17.5 Å². The molecule has 2 heterocycles. The van der Waals surface area contributed by atoms with Gasteiger partial charge in [0.2, 0.25) is 5.91 Å². The van der Waals surface area contributed by atoms with Crippen molar-refractivity contribution in [1.29, 1.82) is 0 Å². The summed E-state index contributed by atoms with van der Waals surface area (Å²) in [5.41, 5.74) is 0.211. The predicted molar refractivity (Wildman–Crippen MR) is 116 cm³/mol. The minimum atomic E-state index is -4.35. The number of hydrogen-bond acceptors (Lipinski definition) is 5. The molecule has 0 spiro atoms. The molecule has 0 radical (unpaired) electrons. The fourth-order valence-corrected chi connectivity index (χ4v) is 4.02. The van der Waals surface area contributed by atoms with Crippen molar-refractivity contribution < 1.29 is 18.0 Å². The van der Waals surface area contributed by atoms with Crippen molar-refractivity contribution in [2.24, 2.45) is 0 Å². The van der Waals surface area contributed by atoms with Crippen LogP contribution in [0.25, 0.3) is 10.9 Å². The van der Waals surface area contributed by atoms with Gasteiger partial charge in [0.1, 0.15) is 5.52 Å². The first-order chi connectivity index (χ1) is 15.8. The molecule has 1 saturated heterocycles. The first kappa shape index (κ1) is 22.9. The zero-order valence-corrected chi connectivity index (χ0v) is 17.9. The number of likely N-dealkylation sites (tertiary alicyclic amines) is 1. The summed E-state index contributed by atoms with van der Waals surface area (Å²) in [4.78, 5) is 26.9. The Hall–Kier alpha value is -3.27. The van der Waals surface area contributed by atoms with Crippen LogP contribution in [-0.2, 0) is 24.1 Å². The van der Waals surface area contributed by atoms with Crippen LogP contribution in [0.5, 0.6) is 0 Å². The monoisotopic (exact) mass is 459 g/mol. The minimum Gasteiger partial charge on any atom is -0.353 e. The van der Waals surface area contributed by atoms with Gasteiger partial charge in [0, 0.05) is 32.1 Å². The van der Waals surface area contributed by atoms with E-state index in [0.717, 1.165) is 6.07 Å². The van der Waals surface area contributed by atoms with E-state index in [1.165, 1.54) is 16.8 Å². The zero-order chi connectivity index (χ0) is 23.4. The quantitative estimate of drug-likeness (QED) is 0.613. The smallest absolute Gasteiger partial charge is 0.353 e. The van der Waals surface area contributed by atoms with E-state index in [4.69, 9.17) is 0 Å². The highest BCUT2D eigenvalue weighted by molar-refractivity contribution is 5.77. The molecule has 1 aromatic heterocycles. The van der Waals surface area contributed by atoms with Crippen molar-refractivity contribution >= 4 is 16.8 Å². The van der Waals surface area contributed by atoms with Crippen LogP contribution in [0.2, 0.25) is 0 Å². The van der Waals surface area contributed by atoms with E-state index >= 15 is 0 Å². The molecule has 7 nitrogen and oxygen atoms in total. The summed E-state index contributed by atoms with van der Waals surface area (Å²) < 4.78 is 39.9. The number of piperidine rings is 1. The molecule has 33 heavy (non-hydrogen) atoms. The van der Waals surface area contributed by atoms with Gasteiger partial charge < -0.3 is 5.32 Å². The van der Waals surface area contributed by atoms with E-state index in [2.05, 4.69) is 20.5 Å². The third-order valence-corrected chi connectivity index (χ3v) is 5.79. The maximum atomic E-state index is 12.9. The molecule has 3 aromatic rings. The van der Waals surface area contributed by atoms with E-state index < -0.39 is 11.7 Å². The van der Waals surface area contributed by atoms with Crippen LogP contribution in [0.4, 0.5) is 13.2 Å². The predicted octanol–water partition coefficient (Wildman–Crippen LogP) is 2.98. The number of nitrogens with zero attached hydrogens (tertiary/aromatic N) is 4. The van der Waals surface area contributed by atoms with Gasteiger partial charge >= 0.3 is 6.18 Å². The van der Waals surface area contributed by atoms with E-state index in [1.54, 1.807) is 30.3 Å². The molecule has 1 aliphatic heterocycles. The Morgan fingerprint density at radius 3 is 2.61 bits per heavy atom. The number of rotatable bonds is 6. The molecule has 2 aromatic carbocycles. The highest BCUT2D eigenvalue weighted by atomic mass is 19.4. The first-order valence-corrected chi connectivity index (χ1v) is 10.8. The fraction of sp³-hybridized carbons (Fsp3) is 0.391. The van der Waals surface area contributed by atoms with E-state index in [9.17, 15) is 22.8 Å². The number of carbonyl (C=O) groups excluding carboxylic acids is 1. The van der Waals surface area contributed by atoms with Gasteiger partial charge in [-0.3, -0.25) is 14.5 Å². The molecule has 0 aliphatic carbocycles. The minimum absolute atomic E-state index is 0.00494. The van der Waals surface area contributed by atoms with Gasteiger partial charge in [0.25, 0.3) is 5.56 Å². The molecule has 1 fully saturated rings. The normalized spacial score (nSPS) is 15.6. The Morgan fingerprint density at radius 2 is 1.85 bits per heavy atom. The summed E-state index contributed by atoms with van der Waals surface area (Å²) in [6.45, 7) is 1.93. The molecule has 1 N–H and O–H groups in total. The van der Waals surface area contributed by atoms with Crippen molar-refractivity contribution in [2.75, 3.05) is 13.1 Å². The topological polar surface area (TPSA) is 80.1 Å². The fourth-order valence-electron chi connectivity index (χ4n) is 4.02. The summed E-state index contributed by atoms with van der Waals surface area (Å²) in [5.74, 6) is -0.173. The van der Waals surface area contributed by atoms with Gasteiger partial charge in [-0.2, -0.15) is 13.2 Å². The molecule has 0 unspecified atom stereocenters. The lowest BCUT2D eigenvalue weighted by molar-refractivity contribution is -0.137. The molecular formula is C23H24F3N5O2. The maximum Gasteiger partial charge on any atom is 0.416 e. The second-order valence-electron chi connectivity index (χ2n) is 8.20. The SMILES string of the molecule is O=C(CCn1nnc2ccccc2c1=O)NC1CCN(Cc2cccc(C(F)(F)F)c2)CC1. The number of aromatic nitrogens is 3. The molecule has 0 atom stereocenters. The van der Waals surface area contributed by atoms with Crippen LogP contribution in [0.15, 0.2) is 53.3 Å².